The van der Waals surface area contributed by atoms with E-state index in [9.17, 15) is 4.79 Å². The summed E-state index contributed by atoms with van der Waals surface area (Å²) in [6.07, 6.45) is 3.73. The van der Waals surface area contributed by atoms with Gasteiger partial charge in [0.25, 0.3) is 5.91 Å². The lowest BCUT2D eigenvalue weighted by atomic mass is 10.2. The van der Waals surface area contributed by atoms with Crippen LogP contribution in [0.1, 0.15) is 29.5 Å². The molecule has 3 aromatic rings. The van der Waals surface area contributed by atoms with E-state index in [0.29, 0.717) is 18.8 Å². The molecule has 1 N–H and O–H groups in total. The van der Waals surface area contributed by atoms with E-state index in [0.717, 1.165) is 48.8 Å². The van der Waals surface area contributed by atoms with Gasteiger partial charge in [0.05, 0.1) is 0 Å². The Morgan fingerprint density at radius 1 is 1.11 bits per heavy atom. The number of H-pyrrole nitrogens is 1. The lowest BCUT2D eigenvalue weighted by Gasteiger charge is -2.35. The van der Waals surface area contributed by atoms with Gasteiger partial charge in [-0.3, -0.25) is 9.89 Å². The molecule has 28 heavy (non-hydrogen) atoms. The molecular weight excluding hydrogens is 352 g/mol. The van der Waals surface area contributed by atoms with Crippen molar-refractivity contribution in [1.29, 1.82) is 0 Å². The Hall–Kier alpha value is -3.22. The van der Waals surface area contributed by atoms with E-state index in [1.165, 1.54) is 0 Å². The molecule has 7 heteroatoms. The summed E-state index contributed by atoms with van der Waals surface area (Å²) in [7, 11) is 0. The normalized spacial score (nSPS) is 14.3. The van der Waals surface area contributed by atoms with Crippen molar-refractivity contribution in [2.75, 3.05) is 31.1 Å². The van der Waals surface area contributed by atoms with Crippen LogP contribution in [0.3, 0.4) is 0 Å². The topological polar surface area (TPSA) is 78.0 Å². The summed E-state index contributed by atoms with van der Waals surface area (Å²) >= 11 is 0. The van der Waals surface area contributed by atoms with E-state index in [1.54, 1.807) is 6.20 Å². The smallest absolute Gasteiger partial charge is 0.274 e. The van der Waals surface area contributed by atoms with Gasteiger partial charge in [0.15, 0.2) is 5.82 Å². The molecule has 2 aromatic heterocycles. The van der Waals surface area contributed by atoms with E-state index < -0.39 is 0 Å². The van der Waals surface area contributed by atoms with Gasteiger partial charge in [-0.05, 0) is 18.6 Å². The van der Waals surface area contributed by atoms with Crippen LogP contribution < -0.4 is 4.90 Å². The molecule has 0 unspecified atom stereocenters. The van der Waals surface area contributed by atoms with Crippen LogP contribution in [0.5, 0.6) is 0 Å². The van der Waals surface area contributed by atoms with Crippen molar-refractivity contribution in [3.05, 3.63) is 60.0 Å². The molecule has 1 amide bonds. The largest absolute Gasteiger partial charge is 0.353 e. The third-order valence-corrected chi connectivity index (χ3v) is 4.93. The van der Waals surface area contributed by atoms with Gasteiger partial charge in [-0.25, -0.2) is 9.97 Å². The molecule has 4 rings (SSSR count). The van der Waals surface area contributed by atoms with Gasteiger partial charge in [0.2, 0.25) is 0 Å². The summed E-state index contributed by atoms with van der Waals surface area (Å²) in [5, 5.41) is 7.14. The van der Waals surface area contributed by atoms with Crippen LogP contribution in [-0.2, 0) is 6.42 Å². The SMILES string of the molecule is CCCc1cc(C(=O)N2CCN(c3ccnc(-c4ccccc4)n3)CC2)n[nH]1. The molecule has 144 valence electrons. The minimum absolute atomic E-state index is 0.00841. The first kappa shape index (κ1) is 18.2. The second-order valence-corrected chi connectivity index (χ2v) is 6.91. The number of carbonyl (C=O) groups is 1. The van der Waals surface area contributed by atoms with Crippen LogP contribution in [0, 0.1) is 0 Å². The van der Waals surface area contributed by atoms with Crippen molar-refractivity contribution in [3.8, 4) is 11.4 Å². The summed E-state index contributed by atoms with van der Waals surface area (Å²) in [6, 6.07) is 13.8. The summed E-state index contributed by atoms with van der Waals surface area (Å²) in [6.45, 7) is 4.89. The maximum Gasteiger partial charge on any atom is 0.274 e. The first-order valence-electron chi connectivity index (χ1n) is 9.71. The highest BCUT2D eigenvalue weighted by atomic mass is 16.2. The molecule has 1 saturated heterocycles. The van der Waals surface area contributed by atoms with Crippen LogP contribution in [0.15, 0.2) is 48.7 Å². The van der Waals surface area contributed by atoms with E-state index in [1.807, 2.05) is 47.4 Å². The maximum atomic E-state index is 12.7. The molecule has 1 aliphatic heterocycles. The maximum absolute atomic E-state index is 12.7. The Labute approximate surface area is 164 Å². The second kappa shape index (κ2) is 8.21. The number of nitrogens with one attached hydrogen (secondary N) is 1. The highest BCUT2D eigenvalue weighted by Gasteiger charge is 2.24. The standard InChI is InChI=1S/C21H24N6O/c1-2-6-17-15-18(25-24-17)21(28)27-13-11-26(12-14-27)19-9-10-22-20(23-19)16-7-4-3-5-8-16/h3-5,7-10,15H,2,6,11-14H2,1H3,(H,24,25). The van der Waals surface area contributed by atoms with Crippen LogP contribution in [-0.4, -0.2) is 57.2 Å². The van der Waals surface area contributed by atoms with Crippen molar-refractivity contribution in [1.82, 2.24) is 25.1 Å². The number of hydrogen-bond acceptors (Lipinski definition) is 5. The van der Waals surface area contributed by atoms with E-state index in [2.05, 4.69) is 27.0 Å². The minimum atomic E-state index is -0.00841. The highest BCUT2D eigenvalue weighted by Crippen LogP contribution is 2.19. The molecule has 0 bridgehead atoms. The van der Waals surface area contributed by atoms with Crippen molar-refractivity contribution in [3.63, 3.8) is 0 Å². The van der Waals surface area contributed by atoms with Crippen LogP contribution >= 0.6 is 0 Å². The quantitative estimate of drug-likeness (QED) is 0.741. The fourth-order valence-electron chi connectivity index (χ4n) is 3.42. The number of nitrogens with zero attached hydrogens (tertiary/aromatic N) is 5. The van der Waals surface area contributed by atoms with Crippen LogP contribution in [0.25, 0.3) is 11.4 Å². The zero-order valence-electron chi connectivity index (χ0n) is 16.0. The summed E-state index contributed by atoms with van der Waals surface area (Å²) < 4.78 is 0. The molecule has 0 aliphatic carbocycles. The molecule has 1 aromatic carbocycles. The number of aromatic amines is 1. The Morgan fingerprint density at radius 2 is 1.89 bits per heavy atom. The molecule has 0 saturated carbocycles. The average molecular weight is 376 g/mol. The number of aromatic nitrogens is 4. The summed E-state index contributed by atoms with van der Waals surface area (Å²) in [4.78, 5) is 25.9. The van der Waals surface area contributed by atoms with Gasteiger partial charge in [-0.2, -0.15) is 5.10 Å². The number of anilines is 1. The third-order valence-electron chi connectivity index (χ3n) is 4.93. The lowest BCUT2D eigenvalue weighted by molar-refractivity contribution is 0.0740. The molecule has 1 fully saturated rings. The monoisotopic (exact) mass is 376 g/mol. The zero-order valence-corrected chi connectivity index (χ0v) is 16.0. The van der Waals surface area contributed by atoms with Crippen molar-refractivity contribution in [2.24, 2.45) is 0 Å². The number of carbonyl (C=O) groups excluding carboxylic acids is 1. The number of rotatable bonds is 5. The minimum Gasteiger partial charge on any atom is -0.353 e. The van der Waals surface area contributed by atoms with E-state index >= 15 is 0 Å². The Morgan fingerprint density at radius 3 is 2.64 bits per heavy atom. The first-order chi connectivity index (χ1) is 13.7. The van der Waals surface area contributed by atoms with Gasteiger partial charge in [0.1, 0.15) is 11.5 Å². The summed E-state index contributed by atoms with van der Waals surface area (Å²) in [5.74, 6) is 1.61. The van der Waals surface area contributed by atoms with Crippen molar-refractivity contribution >= 4 is 11.7 Å². The van der Waals surface area contributed by atoms with Crippen molar-refractivity contribution < 1.29 is 4.79 Å². The third kappa shape index (κ3) is 3.88. The summed E-state index contributed by atoms with van der Waals surface area (Å²) in [5.41, 5.74) is 2.52. The first-order valence-corrected chi connectivity index (χ1v) is 9.71. The lowest BCUT2D eigenvalue weighted by Crippen LogP contribution is -2.49. The molecule has 0 atom stereocenters. The Kier molecular flexibility index (Phi) is 5.32. The predicted octanol–water partition coefficient (Wildman–Crippen LogP) is 2.78. The number of piperazine rings is 1. The molecule has 7 nitrogen and oxygen atoms in total. The molecular formula is C21H24N6O. The van der Waals surface area contributed by atoms with Crippen molar-refractivity contribution in [2.45, 2.75) is 19.8 Å². The molecule has 0 spiro atoms. The van der Waals surface area contributed by atoms with Gasteiger partial charge >= 0.3 is 0 Å². The number of benzene rings is 1. The number of amides is 1. The predicted molar refractivity (Wildman–Crippen MR) is 108 cm³/mol. The average Bonchev–Trinajstić information content (AvgIpc) is 3.23. The number of hydrogen-bond donors (Lipinski definition) is 1. The zero-order chi connectivity index (χ0) is 19.3. The molecule has 0 radical (unpaired) electrons. The fourth-order valence-corrected chi connectivity index (χ4v) is 3.42. The van der Waals surface area contributed by atoms with Gasteiger partial charge < -0.3 is 9.80 Å². The molecule has 1 aliphatic rings. The Bertz CT molecular complexity index is 931. The van der Waals surface area contributed by atoms with Gasteiger partial charge in [0, 0.05) is 43.6 Å². The van der Waals surface area contributed by atoms with Crippen LogP contribution in [0.2, 0.25) is 0 Å². The molecule has 3 heterocycles. The van der Waals surface area contributed by atoms with E-state index in [4.69, 9.17) is 4.98 Å². The highest BCUT2D eigenvalue weighted by molar-refractivity contribution is 5.92. The Balaban J connectivity index is 1.41. The number of aryl methyl sites for hydroxylation is 1. The van der Waals surface area contributed by atoms with Gasteiger partial charge in [-0.15, -0.1) is 0 Å². The fraction of sp³-hybridized carbons (Fsp3) is 0.333. The van der Waals surface area contributed by atoms with E-state index in [-0.39, 0.29) is 5.91 Å². The van der Waals surface area contributed by atoms with Crippen LogP contribution in [0.4, 0.5) is 5.82 Å². The van der Waals surface area contributed by atoms with Gasteiger partial charge in [-0.1, -0.05) is 43.7 Å². The second-order valence-electron chi connectivity index (χ2n) is 6.91.